The van der Waals surface area contributed by atoms with Gasteiger partial charge in [0.15, 0.2) is 5.43 Å². The van der Waals surface area contributed by atoms with Crippen molar-refractivity contribution in [1.82, 2.24) is 4.98 Å². The second kappa shape index (κ2) is 5.44. The van der Waals surface area contributed by atoms with E-state index in [9.17, 15) is 14.7 Å². The Balaban J connectivity index is 2.40. The molecule has 110 valence electrons. The number of aromatic amines is 1. The maximum Gasteiger partial charge on any atom is 0.313 e. The summed E-state index contributed by atoms with van der Waals surface area (Å²) in [6, 6.07) is 8.41. The van der Waals surface area contributed by atoms with Gasteiger partial charge in [0.25, 0.3) is 0 Å². The summed E-state index contributed by atoms with van der Waals surface area (Å²) in [5.41, 5.74) is 1.31. The molecule has 1 aromatic heterocycles. The first-order valence-electron chi connectivity index (χ1n) is 6.60. The molecule has 0 radical (unpaired) electrons. The Morgan fingerprint density at radius 2 is 1.95 bits per heavy atom. The zero-order chi connectivity index (χ0) is 15.6. The highest BCUT2D eigenvalue weighted by Crippen LogP contribution is 2.28. The number of aryl methyl sites for hydroxylation is 1. The molecule has 0 aliphatic carbocycles. The minimum absolute atomic E-state index is 0.102. The molecule has 0 spiro atoms. The maximum atomic E-state index is 11.4. The Morgan fingerprint density at radius 1 is 1.24 bits per heavy atom. The summed E-state index contributed by atoms with van der Waals surface area (Å²) >= 11 is 0. The fraction of sp³-hybridized carbons (Fsp3) is 0.250. The second-order valence-corrected chi connectivity index (χ2v) is 5.58. The van der Waals surface area contributed by atoms with E-state index in [4.69, 9.17) is 0 Å². The number of H-pyrrole nitrogens is 1. The van der Waals surface area contributed by atoms with Crippen molar-refractivity contribution in [2.24, 2.45) is 0 Å². The van der Waals surface area contributed by atoms with Gasteiger partial charge in [0.1, 0.15) is 5.82 Å². The van der Waals surface area contributed by atoms with Crippen molar-refractivity contribution < 1.29 is 9.90 Å². The van der Waals surface area contributed by atoms with E-state index in [0.717, 1.165) is 11.3 Å². The number of aromatic nitrogens is 1. The predicted octanol–water partition coefficient (Wildman–Crippen LogP) is 2.79. The summed E-state index contributed by atoms with van der Waals surface area (Å²) < 4.78 is 0. The zero-order valence-corrected chi connectivity index (χ0v) is 12.2. The van der Waals surface area contributed by atoms with Crippen molar-refractivity contribution in [2.45, 2.75) is 26.2 Å². The summed E-state index contributed by atoms with van der Waals surface area (Å²) in [7, 11) is 0. The molecule has 3 N–H and O–H groups in total. The first-order valence-corrected chi connectivity index (χ1v) is 6.60. The molecule has 21 heavy (non-hydrogen) atoms. The largest absolute Gasteiger partial charge is 0.481 e. The van der Waals surface area contributed by atoms with Gasteiger partial charge >= 0.3 is 5.97 Å². The highest BCUT2D eigenvalue weighted by atomic mass is 16.4. The van der Waals surface area contributed by atoms with E-state index in [1.807, 2.05) is 19.1 Å². The van der Waals surface area contributed by atoms with Crippen LogP contribution in [0.25, 0.3) is 0 Å². The molecule has 2 rings (SSSR count). The minimum atomic E-state index is -0.980. The molecular formula is C16H18N2O3. The molecule has 1 heterocycles. The number of hydrogen-bond acceptors (Lipinski definition) is 3. The Kier molecular flexibility index (Phi) is 3.84. The molecule has 0 amide bonds. The standard InChI is InChI=1S/C16H18N2O3/c1-10-6-11(16(2,3)15(20)21)8-12(7-10)18-14-9-13(19)4-5-17-14/h4-9H,1-3H3,(H,20,21)(H2,17,18,19). The van der Waals surface area contributed by atoms with E-state index in [2.05, 4.69) is 10.3 Å². The molecule has 0 atom stereocenters. The number of aliphatic carboxylic acids is 1. The van der Waals surface area contributed by atoms with Gasteiger partial charge < -0.3 is 15.4 Å². The Hall–Kier alpha value is -2.56. The van der Waals surface area contributed by atoms with Crippen LogP contribution in [0.5, 0.6) is 0 Å². The number of benzene rings is 1. The first kappa shape index (κ1) is 14.8. The molecular weight excluding hydrogens is 268 g/mol. The van der Waals surface area contributed by atoms with Crippen LogP contribution in [0, 0.1) is 6.92 Å². The number of hydrogen-bond donors (Lipinski definition) is 3. The third-order valence-electron chi connectivity index (χ3n) is 3.39. The summed E-state index contributed by atoms with van der Waals surface area (Å²) in [6.07, 6.45) is 1.56. The van der Waals surface area contributed by atoms with Gasteiger partial charge in [-0.05, 0) is 44.0 Å². The molecule has 2 aromatic rings. The van der Waals surface area contributed by atoms with Gasteiger partial charge in [0.05, 0.1) is 5.41 Å². The quantitative estimate of drug-likeness (QED) is 0.807. The predicted molar refractivity (Wildman–Crippen MR) is 82.2 cm³/mol. The van der Waals surface area contributed by atoms with Crippen LogP contribution in [0.2, 0.25) is 0 Å². The van der Waals surface area contributed by atoms with E-state index in [1.54, 1.807) is 26.1 Å². The molecule has 0 saturated carbocycles. The number of nitrogens with one attached hydrogen (secondary N) is 2. The number of pyridine rings is 1. The van der Waals surface area contributed by atoms with Crippen molar-refractivity contribution in [1.29, 1.82) is 0 Å². The Bertz CT molecular complexity index is 732. The van der Waals surface area contributed by atoms with Gasteiger partial charge in [-0.1, -0.05) is 6.07 Å². The van der Waals surface area contributed by atoms with E-state index in [0.29, 0.717) is 11.4 Å². The average Bonchev–Trinajstić information content (AvgIpc) is 2.37. The van der Waals surface area contributed by atoms with Gasteiger partial charge in [0.2, 0.25) is 0 Å². The van der Waals surface area contributed by atoms with Crippen LogP contribution in [0.4, 0.5) is 11.5 Å². The third kappa shape index (κ3) is 3.31. The van der Waals surface area contributed by atoms with Crippen LogP contribution >= 0.6 is 0 Å². The lowest BCUT2D eigenvalue weighted by Gasteiger charge is -2.21. The number of carboxylic acids is 1. The number of carbonyl (C=O) groups is 1. The fourth-order valence-corrected chi connectivity index (χ4v) is 2.01. The summed E-state index contributed by atoms with van der Waals surface area (Å²) in [5, 5.41) is 12.4. The smallest absolute Gasteiger partial charge is 0.313 e. The van der Waals surface area contributed by atoms with Gasteiger partial charge in [-0.2, -0.15) is 0 Å². The van der Waals surface area contributed by atoms with Gasteiger partial charge in [0, 0.05) is 24.0 Å². The first-order chi connectivity index (χ1) is 9.79. The lowest BCUT2D eigenvalue weighted by molar-refractivity contribution is -0.142. The van der Waals surface area contributed by atoms with Crippen LogP contribution in [0.15, 0.2) is 41.3 Å². The normalized spacial score (nSPS) is 11.2. The summed E-state index contributed by atoms with van der Waals surface area (Å²) in [5.74, 6) is -0.320. The summed E-state index contributed by atoms with van der Waals surface area (Å²) in [6.45, 7) is 5.23. The minimum Gasteiger partial charge on any atom is -0.481 e. The van der Waals surface area contributed by atoms with Crippen molar-refractivity contribution in [2.75, 3.05) is 5.32 Å². The van der Waals surface area contributed by atoms with Gasteiger partial charge in [-0.3, -0.25) is 9.59 Å². The van der Waals surface area contributed by atoms with Gasteiger partial charge in [-0.25, -0.2) is 0 Å². The third-order valence-corrected chi connectivity index (χ3v) is 3.39. The highest BCUT2D eigenvalue weighted by molar-refractivity contribution is 5.81. The molecule has 0 aliphatic rings. The van der Waals surface area contributed by atoms with Crippen molar-refractivity contribution in [3.05, 3.63) is 57.9 Å². The monoisotopic (exact) mass is 286 g/mol. The van der Waals surface area contributed by atoms with E-state index in [1.165, 1.54) is 12.1 Å². The Labute approximate surface area is 122 Å². The lowest BCUT2D eigenvalue weighted by atomic mass is 9.84. The second-order valence-electron chi connectivity index (χ2n) is 5.58. The molecule has 0 aliphatic heterocycles. The van der Waals surface area contributed by atoms with Crippen LogP contribution in [0.1, 0.15) is 25.0 Å². The number of anilines is 2. The lowest BCUT2D eigenvalue weighted by Crippen LogP contribution is -2.28. The maximum absolute atomic E-state index is 11.4. The zero-order valence-electron chi connectivity index (χ0n) is 12.2. The molecule has 0 saturated heterocycles. The summed E-state index contributed by atoms with van der Waals surface area (Å²) in [4.78, 5) is 25.6. The van der Waals surface area contributed by atoms with Crippen molar-refractivity contribution >= 4 is 17.5 Å². The number of rotatable bonds is 4. The average molecular weight is 286 g/mol. The molecule has 0 fully saturated rings. The molecule has 5 heteroatoms. The van der Waals surface area contributed by atoms with Gasteiger partial charge in [-0.15, -0.1) is 0 Å². The van der Waals surface area contributed by atoms with E-state index in [-0.39, 0.29) is 5.43 Å². The van der Waals surface area contributed by atoms with Crippen molar-refractivity contribution in [3.63, 3.8) is 0 Å². The molecule has 5 nitrogen and oxygen atoms in total. The fourth-order valence-electron chi connectivity index (χ4n) is 2.01. The SMILES string of the molecule is Cc1cc(Nc2cc(=O)cc[nH]2)cc(C(C)(C)C(=O)O)c1. The van der Waals surface area contributed by atoms with Crippen molar-refractivity contribution in [3.8, 4) is 0 Å². The topological polar surface area (TPSA) is 82.2 Å². The van der Waals surface area contributed by atoms with E-state index < -0.39 is 11.4 Å². The molecule has 1 aromatic carbocycles. The van der Waals surface area contributed by atoms with E-state index >= 15 is 0 Å². The number of carboxylic acid groups (broad SMARTS) is 1. The highest BCUT2D eigenvalue weighted by Gasteiger charge is 2.29. The Morgan fingerprint density at radius 3 is 2.57 bits per heavy atom. The molecule has 0 bridgehead atoms. The van der Waals surface area contributed by atoms with Crippen LogP contribution in [0.3, 0.4) is 0 Å². The van der Waals surface area contributed by atoms with Crippen LogP contribution in [-0.4, -0.2) is 16.1 Å². The van der Waals surface area contributed by atoms with Crippen LogP contribution < -0.4 is 10.7 Å². The van der Waals surface area contributed by atoms with Crippen LogP contribution in [-0.2, 0) is 10.2 Å². The molecule has 0 unspecified atom stereocenters.